The van der Waals surface area contributed by atoms with Gasteiger partial charge in [-0.25, -0.2) is 0 Å². The average molecular weight is 326 g/mol. The normalized spacial score (nSPS) is 13.4. The van der Waals surface area contributed by atoms with E-state index in [1.807, 2.05) is 6.92 Å². The Morgan fingerprint density at radius 2 is 2.06 bits per heavy atom. The lowest BCUT2D eigenvalue weighted by Gasteiger charge is -2.16. The first kappa shape index (κ1) is 15.3. The molecule has 18 heavy (non-hydrogen) atoms. The van der Waals surface area contributed by atoms with Gasteiger partial charge in [-0.1, -0.05) is 13.0 Å². The first-order valence-corrected chi connectivity index (χ1v) is 6.37. The van der Waals surface area contributed by atoms with E-state index in [4.69, 9.17) is 10.5 Å². The summed E-state index contributed by atoms with van der Waals surface area (Å²) in [5.74, 6) is 0.611. The van der Waals surface area contributed by atoms with Gasteiger partial charge in [0.2, 0.25) is 0 Å². The Morgan fingerprint density at radius 1 is 1.39 bits per heavy atom. The molecule has 1 aromatic carbocycles. The molecule has 0 bridgehead atoms. The van der Waals surface area contributed by atoms with Crippen molar-refractivity contribution in [2.75, 3.05) is 6.61 Å². The van der Waals surface area contributed by atoms with Crippen LogP contribution in [0.3, 0.4) is 0 Å². The molecule has 2 nitrogen and oxygen atoms in total. The molecule has 0 aliphatic heterocycles. The number of hydrogen-bond acceptors (Lipinski definition) is 2. The summed E-state index contributed by atoms with van der Waals surface area (Å²) in [6.07, 6.45) is -4.43. The molecule has 0 aliphatic rings. The lowest BCUT2D eigenvalue weighted by Crippen LogP contribution is -2.20. The minimum Gasteiger partial charge on any atom is -0.492 e. The summed E-state index contributed by atoms with van der Waals surface area (Å²) in [6.45, 7) is 2.54. The highest BCUT2D eigenvalue weighted by Gasteiger charge is 2.31. The van der Waals surface area contributed by atoms with E-state index in [9.17, 15) is 13.2 Å². The number of alkyl halides is 3. The van der Waals surface area contributed by atoms with Crippen LogP contribution in [0.5, 0.6) is 5.75 Å². The van der Waals surface area contributed by atoms with E-state index >= 15 is 0 Å². The van der Waals surface area contributed by atoms with Gasteiger partial charge in [0, 0.05) is 6.04 Å². The first-order valence-electron chi connectivity index (χ1n) is 5.58. The highest BCUT2D eigenvalue weighted by atomic mass is 79.9. The topological polar surface area (TPSA) is 35.2 Å². The van der Waals surface area contributed by atoms with Crippen LogP contribution in [0.1, 0.15) is 31.4 Å². The molecule has 0 aliphatic carbocycles. The summed E-state index contributed by atoms with van der Waals surface area (Å²) >= 11 is 3.26. The average Bonchev–Trinajstić information content (AvgIpc) is 2.25. The molecule has 1 aromatic rings. The van der Waals surface area contributed by atoms with Crippen LogP contribution in [-0.2, 0) is 0 Å². The molecule has 1 atom stereocenters. The zero-order valence-corrected chi connectivity index (χ0v) is 11.5. The molecule has 0 heterocycles. The van der Waals surface area contributed by atoms with Gasteiger partial charge in [0.1, 0.15) is 5.75 Å². The number of hydrogen-bond donors (Lipinski definition) is 1. The minimum atomic E-state index is -4.26. The number of rotatable bonds is 5. The van der Waals surface area contributed by atoms with Crippen molar-refractivity contribution >= 4 is 15.9 Å². The van der Waals surface area contributed by atoms with Crippen LogP contribution in [0.25, 0.3) is 0 Å². The van der Waals surface area contributed by atoms with Crippen LogP contribution >= 0.6 is 15.9 Å². The molecule has 1 rings (SSSR count). The third-order valence-corrected chi connectivity index (χ3v) is 2.92. The maximum atomic E-state index is 12.2. The summed E-state index contributed by atoms with van der Waals surface area (Å²) in [5.41, 5.74) is 5.95. The van der Waals surface area contributed by atoms with Crippen LogP contribution in [0, 0.1) is 0 Å². The van der Waals surface area contributed by atoms with E-state index in [0.717, 1.165) is 6.42 Å². The van der Waals surface area contributed by atoms with Crippen molar-refractivity contribution < 1.29 is 17.9 Å². The third-order valence-electron chi connectivity index (χ3n) is 2.30. The highest BCUT2D eigenvalue weighted by Crippen LogP contribution is 2.32. The maximum Gasteiger partial charge on any atom is 0.390 e. The highest BCUT2D eigenvalue weighted by molar-refractivity contribution is 9.10. The SMILES string of the molecule is CCCOc1ccc(C(N)CC(F)(F)F)cc1Br. The lowest BCUT2D eigenvalue weighted by molar-refractivity contribution is -0.138. The van der Waals surface area contributed by atoms with E-state index in [-0.39, 0.29) is 0 Å². The predicted octanol–water partition coefficient (Wildman–Crippen LogP) is 4.19. The minimum absolute atomic E-state index is 0.433. The third kappa shape index (κ3) is 4.86. The molecule has 6 heteroatoms. The van der Waals surface area contributed by atoms with E-state index in [2.05, 4.69) is 15.9 Å². The van der Waals surface area contributed by atoms with Gasteiger partial charge < -0.3 is 10.5 Å². The number of ether oxygens (including phenoxy) is 1. The van der Waals surface area contributed by atoms with Gasteiger partial charge in [-0.05, 0) is 40.0 Å². The van der Waals surface area contributed by atoms with Crippen LogP contribution in [-0.4, -0.2) is 12.8 Å². The van der Waals surface area contributed by atoms with Gasteiger partial charge in [-0.3, -0.25) is 0 Å². The van der Waals surface area contributed by atoms with Crippen molar-refractivity contribution in [2.45, 2.75) is 32.0 Å². The van der Waals surface area contributed by atoms with Crippen molar-refractivity contribution in [3.8, 4) is 5.75 Å². The van der Waals surface area contributed by atoms with Crippen LogP contribution in [0.15, 0.2) is 22.7 Å². The molecular weight excluding hydrogens is 311 g/mol. The molecule has 1 unspecified atom stereocenters. The van der Waals surface area contributed by atoms with Crippen molar-refractivity contribution in [2.24, 2.45) is 5.73 Å². The summed E-state index contributed by atoms with van der Waals surface area (Å²) in [4.78, 5) is 0. The number of nitrogens with two attached hydrogens (primary N) is 1. The molecule has 0 spiro atoms. The molecular formula is C12H15BrF3NO. The molecule has 0 aromatic heterocycles. The number of halogens is 4. The Bertz CT molecular complexity index is 395. The van der Waals surface area contributed by atoms with E-state index in [1.54, 1.807) is 18.2 Å². The van der Waals surface area contributed by atoms with Crippen molar-refractivity contribution in [1.29, 1.82) is 0 Å². The molecule has 0 saturated carbocycles. The maximum absolute atomic E-state index is 12.2. The van der Waals surface area contributed by atoms with Gasteiger partial charge in [-0.2, -0.15) is 13.2 Å². The van der Waals surface area contributed by atoms with Crippen molar-refractivity contribution in [3.05, 3.63) is 28.2 Å². The van der Waals surface area contributed by atoms with E-state index < -0.39 is 18.6 Å². The summed E-state index contributed by atoms with van der Waals surface area (Å²) in [7, 11) is 0. The Labute approximate surface area is 112 Å². The second-order valence-electron chi connectivity index (χ2n) is 3.96. The fourth-order valence-electron chi connectivity index (χ4n) is 1.44. The standard InChI is InChI=1S/C12H15BrF3NO/c1-2-5-18-11-4-3-8(6-9(11)13)10(17)7-12(14,15)16/h3-4,6,10H,2,5,7,17H2,1H3. The monoisotopic (exact) mass is 325 g/mol. The largest absolute Gasteiger partial charge is 0.492 e. The number of benzene rings is 1. The molecule has 0 radical (unpaired) electrons. The molecule has 0 amide bonds. The molecule has 0 saturated heterocycles. The van der Waals surface area contributed by atoms with Gasteiger partial charge in [-0.15, -0.1) is 0 Å². The van der Waals surface area contributed by atoms with Gasteiger partial charge in [0.05, 0.1) is 17.5 Å². The smallest absolute Gasteiger partial charge is 0.390 e. The predicted molar refractivity (Wildman–Crippen MR) is 67.5 cm³/mol. The Hall–Kier alpha value is -0.750. The Balaban J connectivity index is 2.77. The summed E-state index contributed by atoms with van der Waals surface area (Å²) in [6, 6.07) is 3.71. The van der Waals surface area contributed by atoms with Crippen LogP contribution in [0.2, 0.25) is 0 Å². The van der Waals surface area contributed by atoms with Gasteiger partial charge >= 0.3 is 6.18 Å². The quantitative estimate of drug-likeness (QED) is 0.880. The van der Waals surface area contributed by atoms with E-state index in [1.165, 1.54) is 0 Å². The zero-order chi connectivity index (χ0) is 13.8. The van der Waals surface area contributed by atoms with Crippen molar-refractivity contribution in [3.63, 3.8) is 0 Å². The van der Waals surface area contributed by atoms with Gasteiger partial charge in [0.15, 0.2) is 0 Å². The molecule has 0 fully saturated rings. The lowest BCUT2D eigenvalue weighted by atomic mass is 10.0. The fourth-order valence-corrected chi connectivity index (χ4v) is 1.95. The molecule has 102 valence electrons. The Morgan fingerprint density at radius 3 is 2.56 bits per heavy atom. The second kappa shape index (κ2) is 6.43. The Kier molecular flexibility index (Phi) is 5.47. The van der Waals surface area contributed by atoms with Gasteiger partial charge in [0.25, 0.3) is 0 Å². The first-order chi connectivity index (χ1) is 8.33. The van der Waals surface area contributed by atoms with Crippen LogP contribution in [0.4, 0.5) is 13.2 Å². The zero-order valence-electron chi connectivity index (χ0n) is 9.93. The van der Waals surface area contributed by atoms with E-state index in [0.29, 0.717) is 22.4 Å². The summed E-state index contributed by atoms with van der Waals surface area (Å²) in [5, 5.41) is 0. The van der Waals surface area contributed by atoms with Crippen LogP contribution < -0.4 is 10.5 Å². The summed E-state index contributed by atoms with van der Waals surface area (Å²) < 4.78 is 42.7. The molecule has 2 N–H and O–H groups in total. The fraction of sp³-hybridized carbons (Fsp3) is 0.500. The second-order valence-corrected chi connectivity index (χ2v) is 4.82. The van der Waals surface area contributed by atoms with Crippen molar-refractivity contribution in [1.82, 2.24) is 0 Å².